The van der Waals surface area contributed by atoms with Gasteiger partial charge in [-0.3, -0.25) is 0 Å². The van der Waals surface area contributed by atoms with Crippen molar-refractivity contribution in [2.45, 2.75) is 26.0 Å². The van der Waals surface area contributed by atoms with E-state index in [0.29, 0.717) is 32.8 Å². The predicted octanol–water partition coefficient (Wildman–Crippen LogP) is 1.95. The third kappa shape index (κ3) is 3.49. The van der Waals surface area contributed by atoms with Crippen LogP contribution < -0.4 is 9.64 Å². The van der Waals surface area contributed by atoms with E-state index in [-0.39, 0.29) is 5.25 Å². The number of piperazine rings is 1. The number of hydrogen-bond donors (Lipinski definition) is 0. The van der Waals surface area contributed by atoms with Crippen molar-refractivity contribution in [3.63, 3.8) is 0 Å². The highest BCUT2D eigenvalue weighted by Crippen LogP contribution is 2.29. The van der Waals surface area contributed by atoms with Crippen LogP contribution in [0, 0.1) is 0 Å². The summed E-state index contributed by atoms with van der Waals surface area (Å²) >= 11 is 0. The number of rotatable bonds is 5. The fraction of sp³-hybridized carbons (Fsp3) is 0.600. The van der Waals surface area contributed by atoms with Crippen molar-refractivity contribution in [1.82, 2.24) is 4.31 Å². The lowest BCUT2D eigenvalue weighted by Crippen LogP contribution is -2.50. The van der Waals surface area contributed by atoms with Crippen LogP contribution in [0.1, 0.15) is 20.8 Å². The Morgan fingerprint density at radius 3 is 2.33 bits per heavy atom. The van der Waals surface area contributed by atoms with Gasteiger partial charge in [0, 0.05) is 26.2 Å². The summed E-state index contributed by atoms with van der Waals surface area (Å²) < 4.78 is 31.6. The molecule has 0 atom stereocenters. The van der Waals surface area contributed by atoms with E-state index in [1.807, 2.05) is 31.2 Å². The van der Waals surface area contributed by atoms with Gasteiger partial charge in [0.15, 0.2) is 0 Å². The molecule has 118 valence electrons. The summed E-state index contributed by atoms with van der Waals surface area (Å²) in [5.74, 6) is 0.861. The standard InChI is InChI=1S/C15H24N2O3S/c1-4-20-15-8-6-5-7-14(15)16-9-11-17(12-10-16)21(18,19)13(2)3/h5-8,13H,4,9-12H2,1-3H3. The molecule has 5 nitrogen and oxygen atoms in total. The van der Waals surface area contributed by atoms with E-state index < -0.39 is 10.0 Å². The van der Waals surface area contributed by atoms with Crippen molar-refractivity contribution in [3.05, 3.63) is 24.3 Å². The number of hydrogen-bond acceptors (Lipinski definition) is 4. The average molecular weight is 312 g/mol. The van der Waals surface area contributed by atoms with Crippen molar-refractivity contribution in [2.75, 3.05) is 37.7 Å². The maximum atomic E-state index is 12.2. The maximum Gasteiger partial charge on any atom is 0.216 e. The summed E-state index contributed by atoms with van der Waals surface area (Å²) in [5.41, 5.74) is 1.04. The highest BCUT2D eigenvalue weighted by Gasteiger charge is 2.29. The zero-order chi connectivity index (χ0) is 15.5. The minimum absolute atomic E-state index is 0.361. The van der Waals surface area contributed by atoms with Gasteiger partial charge in [0.25, 0.3) is 0 Å². The summed E-state index contributed by atoms with van der Waals surface area (Å²) in [6.45, 7) is 8.48. The van der Waals surface area contributed by atoms with Crippen LogP contribution >= 0.6 is 0 Å². The zero-order valence-corrected chi connectivity index (χ0v) is 13.8. The van der Waals surface area contributed by atoms with Gasteiger partial charge in [0.05, 0.1) is 17.5 Å². The van der Waals surface area contributed by atoms with Crippen molar-refractivity contribution >= 4 is 15.7 Å². The Bertz CT molecular complexity index is 564. The van der Waals surface area contributed by atoms with Crippen LogP contribution in [0.3, 0.4) is 0 Å². The van der Waals surface area contributed by atoms with Crippen LogP contribution in [-0.2, 0) is 10.0 Å². The third-order valence-corrected chi connectivity index (χ3v) is 5.98. The SMILES string of the molecule is CCOc1ccccc1N1CCN(S(=O)(=O)C(C)C)CC1. The first-order valence-corrected chi connectivity index (χ1v) is 8.93. The molecule has 2 rings (SSSR count). The van der Waals surface area contributed by atoms with E-state index in [2.05, 4.69) is 4.90 Å². The van der Waals surface area contributed by atoms with E-state index in [9.17, 15) is 8.42 Å². The van der Waals surface area contributed by atoms with Crippen molar-refractivity contribution in [3.8, 4) is 5.75 Å². The van der Waals surface area contributed by atoms with Gasteiger partial charge in [0.1, 0.15) is 5.75 Å². The fourth-order valence-electron chi connectivity index (χ4n) is 2.48. The molecule has 1 heterocycles. The number of benzene rings is 1. The molecule has 0 unspecified atom stereocenters. The summed E-state index contributed by atoms with van der Waals surface area (Å²) in [6.07, 6.45) is 0. The number of anilines is 1. The number of sulfonamides is 1. The molecule has 1 aromatic carbocycles. The largest absolute Gasteiger partial charge is 0.492 e. The van der Waals surface area contributed by atoms with Gasteiger partial charge in [-0.2, -0.15) is 4.31 Å². The number of para-hydroxylation sites is 2. The molecular formula is C15H24N2O3S. The van der Waals surface area contributed by atoms with Gasteiger partial charge in [-0.25, -0.2) is 8.42 Å². The Balaban J connectivity index is 2.08. The van der Waals surface area contributed by atoms with Crippen molar-refractivity contribution in [2.24, 2.45) is 0 Å². The van der Waals surface area contributed by atoms with Crippen LogP contribution in [0.15, 0.2) is 24.3 Å². The minimum atomic E-state index is -3.15. The van der Waals surface area contributed by atoms with Crippen molar-refractivity contribution in [1.29, 1.82) is 0 Å². The van der Waals surface area contributed by atoms with E-state index in [0.717, 1.165) is 11.4 Å². The molecule has 1 aliphatic rings. The van der Waals surface area contributed by atoms with Crippen molar-refractivity contribution < 1.29 is 13.2 Å². The van der Waals surface area contributed by atoms with Gasteiger partial charge in [-0.1, -0.05) is 12.1 Å². The molecule has 0 spiro atoms. The van der Waals surface area contributed by atoms with Crippen LogP contribution in [0.2, 0.25) is 0 Å². The maximum absolute atomic E-state index is 12.2. The highest BCUT2D eigenvalue weighted by atomic mass is 32.2. The smallest absolute Gasteiger partial charge is 0.216 e. The lowest BCUT2D eigenvalue weighted by atomic mass is 10.2. The number of ether oxygens (including phenoxy) is 1. The topological polar surface area (TPSA) is 49.9 Å². The Morgan fingerprint density at radius 2 is 1.76 bits per heavy atom. The first-order chi connectivity index (χ1) is 9.96. The molecule has 0 aliphatic carbocycles. The molecular weight excluding hydrogens is 288 g/mol. The molecule has 0 bridgehead atoms. The van der Waals surface area contributed by atoms with E-state index >= 15 is 0 Å². The second-order valence-corrected chi connectivity index (χ2v) is 7.87. The van der Waals surface area contributed by atoms with Gasteiger partial charge >= 0.3 is 0 Å². The summed E-state index contributed by atoms with van der Waals surface area (Å²) in [4.78, 5) is 2.19. The quantitative estimate of drug-likeness (QED) is 0.834. The monoisotopic (exact) mass is 312 g/mol. The van der Waals surface area contributed by atoms with E-state index in [1.54, 1.807) is 18.2 Å². The lowest BCUT2D eigenvalue weighted by Gasteiger charge is -2.36. The molecule has 1 aliphatic heterocycles. The fourth-order valence-corrected chi connectivity index (χ4v) is 3.75. The predicted molar refractivity (Wildman–Crippen MR) is 85.5 cm³/mol. The van der Waals surface area contributed by atoms with Gasteiger partial charge in [0.2, 0.25) is 10.0 Å². The Hall–Kier alpha value is -1.27. The zero-order valence-electron chi connectivity index (χ0n) is 12.9. The van der Waals surface area contributed by atoms with Crippen LogP contribution in [0.25, 0.3) is 0 Å². The Morgan fingerprint density at radius 1 is 1.14 bits per heavy atom. The summed E-state index contributed by atoms with van der Waals surface area (Å²) in [6, 6.07) is 7.91. The lowest BCUT2D eigenvalue weighted by molar-refractivity contribution is 0.336. The molecule has 0 saturated carbocycles. The Labute approximate surface area is 127 Å². The first-order valence-electron chi connectivity index (χ1n) is 7.42. The van der Waals surface area contributed by atoms with E-state index in [4.69, 9.17) is 4.74 Å². The van der Waals surface area contributed by atoms with Crippen LogP contribution in [0.4, 0.5) is 5.69 Å². The molecule has 0 amide bonds. The molecule has 6 heteroatoms. The van der Waals surface area contributed by atoms with Crippen LogP contribution in [-0.4, -0.2) is 50.8 Å². The molecule has 0 N–H and O–H groups in total. The molecule has 1 aromatic rings. The Kier molecular flexibility index (Phi) is 5.11. The van der Waals surface area contributed by atoms with Gasteiger partial charge in [-0.15, -0.1) is 0 Å². The molecule has 0 radical (unpaired) electrons. The highest BCUT2D eigenvalue weighted by molar-refractivity contribution is 7.89. The summed E-state index contributed by atoms with van der Waals surface area (Å²) in [7, 11) is -3.15. The third-order valence-electron chi connectivity index (χ3n) is 3.70. The van der Waals surface area contributed by atoms with Crippen LogP contribution in [0.5, 0.6) is 5.75 Å². The van der Waals surface area contributed by atoms with Gasteiger partial charge in [-0.05, 0) is 32.9 Å². The molecule has 0 aromatic heterocycles. The number of nitrogens with zero attached hydrogens (tertiary/aromatic N) is 2. The molecule has 1 saturated heterocycles. The average Bonchev–Trinajstić information content (AvgIpc) is 2.48. The molecule has 1 fully saturated rings. The first kappa shape index (κ1) is 16.1. The van der Waals surface area contributed by atoms with Gasteiger partial charge < -0.3 is 9.64 Å². The molecule has 21 heavy (non-hydrogen) atoms. The summed E-state index contributed by atoms with van der Waals surface area (Å²) in [5, 5.41) is -0.361. The second kappa shape index (κ2) is 6.66. The second-order valence-electron chi connectivity index (χ2n) is 5.38. The normalized spacial score (nSPS) is 17.2. The van der Waals surface area contributed by atoms with E-state index in [1.165, 1.54) is 0 Å². The minimum Gasteiger partial charge on any atom is -0.492 e.